The molecule has 2 aromatic rings. The lowest BCUT2D eigenvalue weighted by Crippen LogP contribution is -1.88. The van der Waals surface area contributed by atoms with E-state index in [1.165, 1.54) is 29.8 Å². The van der Waals surface area contributed by atoms with Gasteiger partial charge in [0.15, 0.2) is 0 Å². The summed E-state index contributed by atoms with van der Waals surface area (Å²) in [5.41, 5.74) is 2.67. The zero-order valence-electron chi connectivity index (χ0n) is 12.3. The molecule has 0 aliphatic carbocycles. The highest BCUT2D eigenvalue weighted by molar-refractivity contribution is 5.79. The molecule has 0 bridgehead atoms. The first-order valence-electron chi connectivity index (χ1n) is 7.08. The summed E-state index contributed by atoms with van der Waals surface area (Å²) in [6.07, 6.45) is 3.47. The fourth-order valence-electron chi connectivity index (χ4n) is 2.21. The largest absolute Gasteiger partial charge is 0.206 e. The molecule has 0 aliphatic rings. The van der Waals surface area contributed by atoms with Gasteiger partial charge in [-0.25, -0.2) is 4.39 Å². The first-order chi connectivity index (χ1) is 10.7. The van der Waals surface area contributed by atoms with Crippen LogP contribution in [0.5, 0.6) is 0 Å². The van der Waals surface area contributed by atoms with Crippen LogP contribution in [-0.4, -0.2) is 0 Å². The van der Waals surface area contributed by atoms with Crippen LogP contribution in [0.1, 0.15) is 41.2 Å². The summed E-state index contributed by atoms with van der Waals surface area (Å²) in [5, 5.41) is 17.9. The van der Waals surface area contributed by atoms with Crippen LogP contribution in [0.15, 0.2) is 42.5 Å². The summed E-state index contributed by atoms with van der Waals surface area (Å²) < 4.78 is 14.4. The van der Waals surface area contributed by atoms with Gasteiger partial charge in [0.05, 0.1) is 23.3 Å². The fourth-order valence-corrected chi connectivity index (χ4v) is 2.21. The van der Waals surface area contributed by atoms with Gasteiger partial charge in [0.1, 0.15) is 5.83 Å². The van der Waals surface area contributed by atoms with Gasteiger partial charge in [-0.15, -0.1) is 0 Å². The third-order valence-corrected chi connectivity index (χ3v) is 3.34. The molecule has 0 heterocycles. The van der Waals surface area contributed by atoms with E-state index in [1.54, 1.807) is 0 Å². The van der Waals surface area contributed by atoms with Crippen LogP contribution in [0.4, 0.5) is 4.39 Å². The topological polar surface area (TPSA) is 47.6 Å². The number of hydrogen-bond acceptors (Lipinski definition) is 2. The molecular formula is C19H15FN2. The highest BCUT2D eigenvalue weighted by atomic mass is 19.1. The second-order valence-electron chi connectivity index (χ2n) is 4.97. The van der Waals surface area contributed by atoms with Gasteiger partial charge >= 0.3 is 0 Å². The van der Waals surface area contributed by atoms with Gasteiger partial charge in [0.2, 0.25) is 0 Å². The number of hydrogen-bond donors (Lipinski definition) is 0. The van der Waals surface area contributed by atoms with Crippen molar-refractivity contribution in [3.63, 3.8) is 0 Å². The molecule has 0 fully saturated rings. The molecule has 0 aliphatic heterocycles. The van der Waals surface area contributed by atoms with Crippen LogP contribution >= 0.6 is 0 Å². The maximum absolute atomic E-state index is 14.4. The Bertz CT molecular complexity index is 775. The van der Waals surface area contributed by atoms with Crippen LogP contribution in [0, 0.1) is 22.7 Å². The minimum Gasteiger partial charge on any atom is -0.206 e. The summed E-state index contributed by atoms with van der Waals surface area (Å²) in [7, 11) is 0. The van der Waals surface area contributed by atoms with Crippen molar-refractivity contribution >= 4 is 11.9 Å². The smallest absolute Gasteiger partial charge is 0.132 e. The van der Waals surface area contributed by atoms with Crippen LogP contribution in [-0.2, 0) is 6.42 Å². The highest BCUT2D eigenvalue weighted by Crippen LogP contribution is 2.24. The average molecular weight is 290 g/mol. The Kier molecular flexibility index (Phi) is 5.07. The van der Waals surface area contributed by atoms with Crippen LogP contribution < -0.4 is 0 Å². The van der Waals surface area contributed by atoms with Crippen molar-refractivity contribution in [3.8, 4) is 12.1 Å². The molecular weight excluding hydrogens is 275 g/mol. The number of rotatable bonds is 4. The molecule has 0 unspecified atom stereocenters. The quantitative estimate of drug-likeness (QED) is 0.756. The summed E-state index contributed by atoms with van der Waals surface area (Å²) in [6, 6.07) is 15.9. The Morgan fingerprint density at radius 3 is 2.41 bits per heavy atom. The molecule has 2 aromatic carbocycles. The lowest BCUT2D eigenvalue weighted by Gasteiger charge is -2.03. The molecule has 108 valence electrons. The van der Waals surface area contributed by atoms with Crippen molar-refractivity contribution in [2.75, 3.05) is 0 Å². The van der Waals surface area contributed by atoms with E-state index in [0.29, 0.717) is 5.56 Å². The SMILES string of the molecule is CCCc1ccc(/C=C(/F)c2ccc(C#N)cc2C#N)cc1. The molecule has 0 radical (unpaired) electrons. The molecule has 0 atom stereocenters. The molecule has 0 N–H and O–H groups in total. The third-order valence-electron chi connectivity index (χ3n) is 3.34. The zero-order chi connectivity index (χ0) is 15.9. The van der Waals surface area contributed by atoms with Gasteiger partial charge in [-0.2, -0.15) is 10.5 Å². The van der Waals surface area contributed by atoms with E-state index in [9.17, 15) is 4.39 Å². The lowest BCUT2D eigenvalue weighted by molar-refractivity contribution is 0.764. The van der Waals surface area contributed by atoms with Gasteiger partial charge < -0.3 is 0 Å². The Hall–Kier alpha value is -2.91. The first-order valence-corrected chi connectivity index (χ1v) is 7.08. The molecule has 22 heavy (non-hydrogen) atoms. The summed E-state index contributed by atoms with van der Waals surface area (Å²) >= 11 is 0. The zero-order valence-corrected chi connectivity index (χ0v) is 12.3. The standard InChI is InChI=1S/C19H15FN2/c1-2-3-14-4-6-15(7-5-14)11-19(20)18-9-8-16(12-21)10-17(18)13-22/h4-11H,2-3H2,1H3/b19-11+. The maximum Gasteiger partial charge on any atom is 0.132 e. The molecule has 0 saturated heterocycles. The lowest BCUT2D eigenvalue weighted by atomic mass is 10.0. The second kappa shape index (κ2) is 7.20. The van der Waals surface area contributed by atoms with Crippen molar-refractivity contribution < 1.29 is 4.39 Å². The van der Waals surface area contributed by atoms with Crippen LogP contribution in [0.2, 0.25) is 0 Å². The molecule has 0 spiro atoms. The summed E-state index contributed by atoms with van der Waals surface area (Å²) in [6.45, 7) is 2.11. The predicted molar refractivity (Wildman–Crippen MR) is 85.3 cm³/mol. The average Bonchev–Trinajstić information content (AvgIpc) is 2.56. The second-order valence-corrected chi connectivity index (χ2v) is 4.97. The van der Waals surface area contributed by atoms with Crippen molar-refractivity contribution in [1.29, 1.82) is 10.5 Å². The predicted octanol–water partition coefficient (Wildman–Crippen LogP) is 4.85. The van der Waals surface area contributed by atoms with Gasteiger partial charge in [0.25, 0.3) is 0 Å². The van der Waals surface area contributed by atoms with Crippen LogP contribution in [0.25, 0.3) is 11.9 Å². The van der Waals surface area contributed by atoms with E-state index in [-0.39, 0.29) is 11.1 Å². The maximum atomic E-state index is 14.4. The van der Waals surface area contributed by atoms with Crippen molar-refractivity contribution in [3.05, 3.63) is 70.3 Å². The molecule has 3 heteroatoms. The monoisotopic (exact) mass is 290 g/mol. The number of benzene rings is 2. The van der Waals surface area contributed by atoms with Gasteiger partial charge in [-0.05, 0) is 41.8 Å². The van der Waals surface area contributed by atoms with Gasteiger partial charge in [-0.3, -0.25) is 0 Å². The fraction of sp³-hybridized carbons (Fsp3) is 0.158. The number of nitriles is 2. The van der Waals surface area contributed by atoms with E-state index in [1.807, 2.05) is 36.4 Å². The highest BCUT2D eigenvalue weighted by Gasteiger charge is 2.08. The minimum absolute atomic E-state index is 0.162. The molecule has 2 nitrogen and oxygen atoms in total. The van der Waals surface area contributed by atoms with E-state index in [0.717, 1.165) is 18.4 Å². The minimum atomic E-state index is -0.482. The third kappa shape index (κ3) is 3.59. The van der Waals surface area contributed by atoms with Crippen molar-refractivity contribution in [1.82, 2.24) is 0 Å². The van der Waals surface area contributed by atoms with Gasteiger partial charge in [-0.1, -0.05) is 37.6 Å². The van der Waals surface area contributed by atoms with E-state index >= 15 is 0 Å². The van der Waals surface area contributed by atoms with Crippen molar-refractivity contribution in [2.45, 2.75) is 19.8 Å². The molecule has 2 rings (SSSR count). The number of nitrogens with zero attached hydrogens (tertiary/aromatic N) is 2. The number of aryl methyl sites for hydroxylation is 1. The Morgan fingerprint density at radius 1 is 1.09 bits per heavy atom. The van der Waals surface area contributed by atoms with Crippen molar-refractivity contribution in [2.24, 2.45) is 0 Å². The normalized spacial score (nSPS) is 10.8. The van der Waals surface area contributed by atoms with E-state index < -0.39 is 5.83 Å². The van der Waals surface area contributed by atoms with Crippen LogP contribution in [0.3, 0.4) is 0 Å². The summed E-state index contributed by atoms with van der Waals surface area (Å²) in [4.78, 5) is 0. The molecule has 0 saturated carbocycles. The Labute approximate surface area is 129 Å². The van der Waals surface area contributed by atoms with E-state index in [2.05, 4.69) is 6.92 Å². The van der Waals surface area contributed by atoms with Gasteiger partial charge in [0, 0.05) is 5.56 Å². The number of halogens is 1. The molecule has 0 amide bonds. The Balaban J connectivity index is 2.33. The summed E-state index contributed by atoms with van der Waals surface area (Å²) in [5.74, 6) is -0.482. The molecule has 0 aromatic heterocycles. The van der Waals surface area contributed by atoms with E-state index in [4.69, 9.17) is 10.5 Å². The Morgan fingerprint density at radius 2 is 1.82 bits per heavy atom. The first kappa shape index (κ1) is 15.5.